The summed E-state index contributed by atoms with van der Waals surface area (Å²) in [5.74, 6) is 0.375. The summed E-state index contributed by atoms with van der Waals surface area (Å²) in [6, 6.07) is 0. The van der Waals surface area contributed by atoms with Crippen LogP contribution in [0.2, 0.25) is 0 Å². The average molecular weight is 254 g/mol. The standard InChI is InChI=1S/C6H11Cl3S2/c1-4(2)5(11-10-3)6(7,8)9/h4-5H,1-3H3/t5-/m0/s1. The summed E-state index contributed by atoms with van der Waals surface area (Å²) in [4.78, 5) is 0. The lowest BCUT2D eigenvalue weighted by Crippen LogP contribution is -2.26. The predicted octanol–water partition coefficient (Wildman–Crippen LogP) is 4.39. The van der Waals surface area contributed by atoms with E-state index >= 15 is 0 Å². The summed E-state index contributed by atoms with van der Waals surface area (Å²) in [6.45, 7) is 4.10. The summed E-state index contributed by atoms with van der Waals surface area (Å²) >= 11 is 17.3. The van der Waals surface area contributed by atoms with Crippen LogP contribution in [0.1, 0.15) is 13.8 Å². The molecule has 0 saturated carbocycles. The average Bonchev–Trinajstić information content (AvgIpc) is 1.79. The minimum atomic E-state index is -1.15. The molecular weight excluding hydrogens is 243 g/mol. The van der Waals surface area contributed by atoms with Crippen molar-refractivity contribution in [2.45, 2.75) is 22.9 Å². The topological polar surface area (TPSA) is 0 Å². The molecule has 0 aromatic heterocycles. The normalized spacial score (nSPS) is 15.5. The molecule has 0 radical (unpaired) electrons. The van der Waals surface area contributed by atoms with Crippen LogP contribution in [0.25, 0.3) is 0 Å². The van der Waals surface area contributed by atoms with Gasteiger partial charge in [-0.2, -0.15) is 0 Å². The minimum Gasteiger partial charge on any atom is -0.0972 e. The third-order valence-corrected chi connectivity index (χ3v) is 4.72. The first-order valence-electron chi connectivity index (χ1n) is 3.15. The maximum Gasteiger partial charge on any atom is 0.203 e. The number of hydrogen-bond acceptors (Lipinski definition) is 2. The third-order valence-electron chi connectivity index (χ3n) is 1.13. The van der Waals surface area contributed by atoms with Gasteiger partial charge < -0.3 is 0 Å². The maximum atomic E-state index is 5.77. The van der Waals surface area contributed by atoms with E-state index in [-0.39, 0.29) is 5.25 Å². The number of hydrogen-bond donors (Lipinski definition) is 0. The Morgan fingerprint density at radius 1 is 1.18 bits per heavy atom. The molecule has 0 heterocycles. The van der Waals surface area contributed by atoms with Crippen molar-refractivity contribution in [2.24, 2.45) is 5.92 Å². The first kappa shape index (κ1) is 12.6. The van der Waals surface area contributed by atoms with Crippen LogP contribution in [0.4, 0.5) is 0 Å². The first-order valence-corrected chi connectivity index (χ1v) is 6.91. The van der Waals surface area contributed by atoms with Crippen LogP contribution in [0.5, 0.6) is 0 Å². The summed E-state index contributed by atoms with van der Waals surface area (Å²) in [6.07, 6.45) is 1.98. The van der Waals surface area contributed by atoms with Crippen molar-refractivity contribution in [3.63, 3.8) is 0 Å². The molecule has 0 aliphatic carbocycles. The van der Waals surface area contributed by atoms with Gasteiger partial charge >= 0.3 is 0 Å². The van der Waals surface area contributed by atoms with E-state index in [1.165, 1.54) is 0 Å². The molecule has 11 heavy (non-hydrogen) atoms. The highest BCUT2D eigenvalue weighted by Gasteiger charge is 2.35. The van der Waals surface area contributed by atoms with E-state index in [0.29, 0.717) is 5.92 Å². The lowest BCUT2D eigenvalue weighted by molar-refractivity contribution is 0.617. The summed E-state index contributed by atoms with van der Waals surface area (Å²) in [7, 11) is 3.24. The summed E-state index contributed by atoms with van der Waals surface area (Å²) < 4.78 is -1.15. The van der Waals surface area contributed by atoms with Crippen LogP contribution < -0.4 is 0 Å². The smallest absolute Gasteiger partial charge is 0.0972 e. The fourth-order valence-electron chi connectivity index (χ4n) is 0.647. The molecule has 0 aromatic rings. The molecule has 0 rings (SSSR count). The lowest BCUT2D eigenvalue weighted by Gasteiger charge is -2.25. The fraction of sp³-hybridized carbons (Fsp3) is 1.00. The molecule has 0 spiro atoms. The molecule has 0 unspecified atom stereocenters. The predicted molar refractivity (Wildman–Crippen MR) is 60.0 cm³/mol. The van der Waals surface area contributed by atoms with Gasteiger partial charge in [0.05, 0.1) is 5.25 Å². The molecule has 68 valence electrons. The van der Waals surface area contributed by atoms with Gasteiger partial charge in [-0.15, -0.1) is 0 Å². The quantitative estimate of drug-likeness (QED) is 0.540. The number of alkyl halides is 3. The van der Waals surface area contributed by atoms with E-state index in [2.05, 4.69) is 13.8 Å². The monoisotopic (exact) mass is 252 g/mol. The molecule has 0 fully saturated rings. The van der Waals surface area contributed by atoms with Gasteiger partial charge in [-0.05, 0) is 12.2 Å². The molecular formula is C6H11Cl3S2. The van der Waals surface area contributed by atoms with Crippen molar-refractivity contribution >= 4 is 56.4 Å². The number of rotatable bonds is 3. The van der Waals surface area contributed by atoms with Gasteiger partial charge in [0, 0.05) is 0 Å². The largest absolute Gasteiger partial charge is 0.203 e. The number of halogens is 3. The molecule has 0 nitrogen and oxygen atoms in total. The van der Waals surface area contributed by atoms with E-state index in [1.54, 1.807) is 21.6 Å². The molecule has 0 aromatic carbocycles. The van der Waals surface area contributed by atoms with Gasteiger partial charge in [-0.25, -0.2) is 0 Å². The summed E-state index contributed by atoms with van der Waals surface area (Å²) in [5.41, 5.74) is 0. The molecule has 5 heteroatoms. The Balaban J connectivity index is 4.10. The molecule has 0 aliphatic heterocycles. The van der Waals surface area contributed by atoms with Crippen molar-refractivity contribution in [2.75, 3.05) is 6.26 Å². The minimum absolute atomic E-state index is 0.0579. The van der Waals surface area contributed by atoms with Gasteiger partial charge in [-0.1, -0.05) is 70.2 Å². The third kappa shape index (κ3) is 4.99. The van der Waals surface area contributed by atoms with Crippen LogP contribution in [-0.4, -0.2) is 15.3 Å². The lowest BCUT2D eigenvalue weighted by atomic mass is 10.1. The van der Waals surface area contributed by atoms with Crippen molar-refractivity contribution in [3.05, 3.63) is 0 Å². The SMILES string of the molecule is CSS[C@@H](C(C)C)C(Cl)(Cl)Cl. The van der Waals surface area contributed by atoms with Crippen molar-refractivity contribution < 1.29 is 0 Å². The van der Waals surface area contributed by atoms with Crippen LogP contribution in [0.3, 0.4) is 0 Å². The highest BCUT2D eigenvalue weighted by Crippen LogP contribution is 2.44. The zero-order chi connectivity index (χ0) is 9.07. The first-order chi connectivity index (χ1) is 4.89. The Morgan fingerprint density at radius 3 is 1.73 bits per heavy atom. The zero-order valence-electron chi connectivity index (χ0n) is 6.61. The van der Waals surface area contributed by atoms with Gasteiger partial charge in [-0.3, -0.25) is 0 Å². The summed E-state index contributed by atoms with van der Waals surface area (Å²) in [5, 5.41) is 0.0579. The van der Waals surface area contributed by atoms with Gasteiger partial charge in [0.1, 0.15) is 0 Å². The zero-order valence-corrected chi connectivity index (χ0v) is 10.5. The van der Waals surface area contributed by atoms with Crippen LogP contribution in [0, 0.1) is 5.92 Å². The second kappa shape index (κ2) is 5.33. The highest BCUT2D eigenvalue weighted by atomic mass is 35.6. The van der Waals surface area contributed by atoms with Gasteiger partial charge in [0.2, 0.25) is 3.79 Å². The molecule has 0 N–H and O–H groups in total. The van der Waals surface area contributed by atoms with Crippen LogP contribution in [-0.2, 0) is 0 Å². The van der Waals surface area contributed by atoms with E-state index < -0.39 is 3.79 Å². The van der Waals surface area contributed by atoms with Crippen LogP contribution in [0.15, 0.2) is 0 Å². The van der Waals surface area contributed by atoms with E-state index in [1.807, 2.05) is 6.26 Å². The van der Waals surface area contributed by atoms with Crippen molar-refractivity contribution in [1.82, 2.24) is 0 Å². The molecule has 0 aliphatic rings. The Labute approximate surface area is 91.1 Å². The van der Waals surface area contributed by atoms with E-state index in [9.17, 15) is 0 Å². The molecule has 1 atom stereocenters. The highest BCUT2D eigenvalue weighted by molar-refractivity contribution is 8.76. The Bertz CT molecular complexity index is 111. The van der Waals surface area contributed by atoms with Crippen LogP contribution >= 0.6 is 56.4 Å². The van der Waals surface area contributed by atoms with Crippen molar-refractivity contribution in [1.29, 1.82) is 0 Å². The molecule has 0 saturated heterocycles. The second-order valence-corrected chi connectivity index (χ2v) is 7.45. The Morgan fingerprint density at radius 2 is 1.64 bits per heavy atom. The van der Waals surface area contributed by atoms with E-state index in [0.717, 1.165) is 0 Å². The van der Waals surface area contributed by atoms with Crippen molar-refractivity contribution in [3.8, 4) is 0 Å². The second-order valence-electron chi connectivity index (χ2n) is 2.47. The van der Waals surface area contributed by atoms with Gasteiger partial charge in [0.25, 0.3) is 0 Å². The Kier molecular flexibility index (Phi) is 6.09. The maximum absolute atomic E-state index is 5.77. The van der Waals surface area contributed by atoms with Gasteiger partial charge in [0.15, 0.2) is 0 Å². The fourth-order valence-corrected chi connectivity index (χ4v) is 4.54. The molecule has 0 bridgehead atoms. The Hall–Kier alpha value is 1.57. The molecule has 0 amide bonds. The van der Waals surface area contributed by atoms with E-state index in [4.69, 9.17) is 34.8 Å².